The Kier molecular flexibility index (Phi) is 26.6. The van der Waals surface area contributed by atoms with Crippen LogP contribution in [0.3, 0.4) is 0 Å². The molecule has 3 heterocycles. The highest BCUT2D eigenvalue weighted by Crippen LogP contribution is 2.56. The SMILES string of the molecule is C=CCOC(=O)Nc1cc(OCCCCCOc2cc(NC(=O)OCc3ccc(O[C@@H]4O[C@H](C(=O)OC)[C@@H](OC(C)=O)[C@H](OC(C)=O)[C@H]4OC(C)=O)cc3)c(C(=O)N3Cc4ccccc4C[C@H]3CO[Si](C)(C)C(C)(C)C)cc2OC)c(OC)cc1C(=O)N1CC2(CC2)C[C@H]1CO[Si](C)(C)C(C)(C)C. The maximum absolute atomic E-state index is 15.4. The minimum Gasteiger partial charge on any atom is -0.493 e. The standard InChI is InChI=1S/C75H102N4O22Si2/c1-18-32-93-71(86)76-58-39-62(60(89-12)37-56(58)68(84)79-45-75(30-31-75)40-53(79)44-96-103(16,17)74(8,9)10)92-34-23-19-22-33-91-61-38-57(55(36-59(61)88-11)67(83)78-41-51-25-21-20-24-50(51)35-52(78)43-95-102(14,15)73(5,6)7)77-72(87)94-42-49-26-28-54(29-27-49)100-70-66(99-48(4)82)64(98-47(3)81)63(97-46(2)80)65(101-70)69(85)90-13/h18,20-21,24-29,36-39,52-53,63-66,70H,1,19,22-23,30-35,40-45H2,2-17H3,(H,76,86)(H,77,87)/t52-,53-,63-,64-,65-,66+,70+/m0/s1. The molecular formula is C75H102N4O22Si2. The fourth-order valence-corrected chi connectivity index (χ4v) is 14.0. The number of likely N-dealkylation sites (tertiary alicyclic amines) is 1. The number of fused-ring (bicyclic) bond motifs is 1. The van der Waals surface area contributed by atoms with Crippen molar-refractivity contribution in [1.29, 1.82) is 0 Å². The van der Waals surface area contributed by atoms with E-state index in [1.165, 1.54) is 38.5 Å². The van der Waals surface area contributed by atoms with Crippen molar-refractivity contribution in [2.24, 2.45) is 5.41 Å². The summed E-state index contributed by atoms with van der Waals surface area (Å²) >= 11 is 0. The van der Waals surface area contributed by atoms with E-state index in [0.29, 0.717) is 55.9 Å². The third kappa shape index (κ3) is 20.6. The normalized spacial score (nSPS) is 19.9. The van der Waals surface area contributed by atoms with Crippen molar-refractivity contribution in [2.75, 3.05) is 71.5 Å². The van der Waals surface area contributed by atoms with Crippen molar-refractivity contribution >= 4 is 75.9 Å². The van der Waals surface area contributed by atoms with Crippen molar-refractivity contribution in [2.45, 2.75) is 199 Å². The molecule has 1 aliphatic carbocycles. The molecule has 0 radical (unpaired) electrons. The highest BCUT2D eigenvalue weighted by atomic mass is 28.4. The average molecular weight is 1470 g/mol. The molecule has 103 heavy (non-hydrogen) atoms. The summed E-state index contributed by atoms with van der Waals surface area (Å²) in [6.45, 7) is 30.2. The first-order valence-electron chi connectivity index (χ1n) is 34.8. The second-order valence-corrected chi connectivity index (χ2v) is 39.1. The van der Waals surface area contributed by atoms with Gasteiger partial charge in [-0.25, -0.2) is 14.4 Å². The third-order valence-electron chi connectivity index (χ3n) is 19.9. The second kappa shape index (κ2) is 34.3. The van der Waals surface area contributed by atoms with Crippen LogP contribution in [0, 0.1) is 5.41 Å². The van der Waals surface area contributed by atoms with E-state index in [1.54, 1.807) is 35.2 Å². The molecular weight excluding hydrogens is 1370 g/mol. The number of benzene rings is 4. The fraction of sp³-hybridized carbons (Fsp3) is 0.547. The molecule has 2 N–H and O–H groups in total. The van der Waals surface area contributed by atoms with Crippen LogP contribution in [0.1, 0.15) is 138 Å². The lowest BCUT2D eigenvalue weighted by molar-refractivity contribution is -0.282. The summed E-state index contributed by atoms with van der Waals surface area (Å²) in [6, 6.07) is 19.8. The van der Waals surface area contributed by atoms with E-state index >= 15 is 4.79 Å². The molecule has 26 nitrogen and oxygen atoms in total. The Hall–Kier alpha value is -8.71. The summed E-state index contributed by atoms with van der Waals surface area (Å²) in [5, 5.41) is 5.46. The predicted molar refractivity (Wildman–Crippen MR) is 385 cm³/mol. The Morgan fingerprint density at radius 3 is 1.63 bits per heavy atom. The number of amides is 4. The molecule has 4 amide bonds. The predicted octanol–water partition coefficient (Wildman–Crippen LogP) is 12.5. The molecule has 0 aromatic heterocycles. The van der Waals surface area contributed by atoms with Crippen LogP contribution in [-0.4, -0.2) is 178 Å². The van der Waals surface area contributed by atoms with E-state index in [0.717, 1.165) is 58.3 Å². The molecule has 3 fully saturated rings. The number of hydrogen-bond donors (Lipinski definition) is 2. The topological polar surface area (TPSA) is 296 Å². The first-order chi connectivity index (χ1) is 48.6. The van der Waals surface area contributed by atoms with Gasteiger partial charge in [-0.1, -0.05) is 90.6 Å². The molecule has 28 heteroatoms. The first-order valence-corrected chi connectivity index (χ1v) is 40.6. The number of carbonyl (C=O) groups is 8. The fourth-order valence-electron chi connectivity index (χ4n) is 11.9. The molecule has 562 valence electrons. The van der Waals surface area contributed by atoms with Gasteiger partial charge in [0.25, 0.3) is 11.8 Å². The zero-order chi connectivity index (χ0) is 75.4. The summed E-state index contributed by atoms with van der Waals surface area (Å²) in [6.07, 6.45) is -3.17. The average Bonchev–Trinajstić information content (AvgIpc) is 1.63. The molecule has 2 saturated heterocycles. The monoisotopic (exact) mass is 1470 g/mol. The largest absolute Gasteiger partial charge is 0.493 e. The summed E-state index contributed by atoms with van der Waals surface area (Å²) in [4.78, 5) is 111. The Balaban J connectivity index is 0.984. The Morgan fingerprint density at radius 1 is 0.621 bits per heavy atom. The molecule has 0 unspecified atom stereocenters. The van der Waals surface area contributed by atoms with Crippen LogP contribution in [0.25, 0.3) is 0 Å². The lowest BCUT2D eigenvalue weighted by atomic mass is 9.93. The smallest absolute Gasteiger partial charge is 0.411 e. The molecule has 0 bridgehead atoms. The van der Waals surface area contributed by atoms with Gasteiger partial charge >= 0.3 is 36.1 Å². The highest BCUT2D eigenvalue weighted by Gasteiger charge is 2.57. The van der Waals surface area contributed by atoms with Gasteiger partial charge in [0.05, 0.1) is 82.3 Å². The van der Waals surface area contributed by atoms with Crippen molar-refractivity contribution < 1.29 is 104 Å². The molecule has 4 aliphatic rings. The van der Waals surface area contributed by atoms with Gasteiger partial charge in [0.2, 0.25) is 12.4 Å². The molecule has 4 aromatic rings. The van der Waals surface area contributed by atoms with Gasteiger partial charge in [-0.05, 0) is 128 Å². The van der Waals surface area contributed by atoms with Crippen LogP contribution in [0.15, 0.2) is 85.5 Å². The third-order valence-corrected chi connectivity index (χ3v) is 28.9. The number of hydrogen-bond acceptors (Lipinski definition) is 22. The summed E-state index contributed by atoms with van der Waals surface area (Å²) in [7, 11) is -0.431. The lowest BCUT2D eigenvalue weighted by Crippen LogP contribution is -2.64. The second-order valence-electron chi connectivity index (χ2n) is 29.5. The summed E-state index contributed by atoms with van der Waals surface area (Å²) in [5.74, 6) is -3.07. The van der Waals surface area contributed by atoms with Crippen LogP contribution < -0.4 is 34.3 Å². The Bertz CT molecular complexity index is 3720. The number of nitrogens with zero attached hydrogens (tertiary/aromatic N) is 2. The van der Waals surface area contributed by atoms with Crippen LogP contribution in [-0.2, 0) is 80.8 Å². The van der Waals surface area contributed by atoms with Gasteiger partial charge in [0.15, 0.2) is 57.9 Å². The van der Waals surface area contributed by atoms with Crippen molar-refractivity contribution in [3.05, 3.63) is 113 Å². The van der Waals surface area contributed by atoms with Crippen LogP contribution in [0.5, 0.6) is 28.7 Å². The van der Waals surface area contributed by atoms with E-state index in [1.807, 2.05) is 23.1 Å². The number of nitrogens with one attached hydrogen (secondary N) is 2. The molecule has 7 atom stereocenters. The van der Waals surface area contributed by atoms with Gasteiger partial charge in [-0.3, -0.25) is 34.6 Å². The number of esters is 4. The van der Waals surface area contributed by atoms with Gasteiger partial charge in [0.1, 0.15) is 19.0 Å². The summed E-state index contributed by atoms with van der Waals surface area (Å²) in [5.41, 5.74) is 3.17. The minimum absolute atomic E-state index is 0.0175. The molecule has 4 aromatic carbocycles. The highest BCUT2D eigenvalue weighted by molar-refractivity contribution is 6.74. The number of rotatable bonds is 30. The molecule has 3 aliphatic heterocycles. The number of methoxy groups -OCH3 is 3. The zero-order valence-corrected chi connectivity index (χ0v) is 64.2. The number of carbonyl (C=O) groups excluding carboxylic acids is 8. The lowest BCUT2D eigenvalue weighted by Gasteiger charge is -2.43. The van der Waals surface area contributed by atoms with Crippen LogP contribution in [0.4, 0.5) is 21.0 Å². The Morgan fingerprint density at radius 2 is 1.13 bits per heavy atom. The van der Waals surface area contributed by atoms with Crippen LogP contribution in [0.2, 0.25) is 36.3 Å². The first kappa shape index (κ1) is 80.0. The summed E-state index contributed by atoms with van der Waals surface area (Å²) < 4.78 is 82.3. The molecule has 1 saturated carbocycles. The number of ether oxygens (including phenoxy) is 12. The zero-order valence-electron chi connectivity index (χ0n) is 62.2. The Labute approximate surface area is 605 Å². The van der Waals surface area contributed by atoms with E-state index in [4.69, 9.17) is 65.7 Å². The quantitative estimate of drug-likeness (QED) is 0.0161. The number of unbranched alkanes of at least 4 members (excludes halogenated alkanes) is 2. The van der Waals surface area contributed by atoms with Crippen LogP contribution >= 0.6 is 0 Å². The van der Waals surface area contributed by atoms with Crippen molar-refractivity contribution in [3.63, 3.8) is 0 Å². The van der Waals surface area contributed by atoms with Crippen molar-refractivity contribution in [3.8, 4) is 28.7 Å². The maximum Gasteiger partial charge on any atom is 0.411 e. The molecule has 1 spiro atoms. The van der Waals surface area contributed by atoms with E-state index in [-0.39, 0.29) is 113 Å². The molecule has 8 rings (SSSR count). The van der Waals surface area contributed by atoms with E-state index in [9.17, 15) is 33.6 Å². The van der Waals surface area contributed by atoms with Crippen molar-refractivity contribution in [1.82, 2.24) is 9.80 Å². The number of anilines is 2. The van der Waals surface area contributed by atoms with Gasteiger partial charge in [-0.15, -0.1) is 0 Å². The van der Waals surface area contributed by atoms with E-state index < -0.39 is 89.3 Å². The minimum atomic E-state index is -2.30. The van der Waals surface area contributed by atoms with Gasteiger partial charge in [-0.2, -0.15) is 0 Å². The maximum atomic E-state index is 15.4. The van der Waals surface area contributed by atoms with E-state index in [2.05, 4.69) is 91.0 Å². The van der Waals surface area contributed by atoms with Gasteiger partial charge < -0.3 is 75.5 Å². The van der Waals surface area contributed by atoms with Gasteiger partial charge in [0, 0.05) is 46.0 Å².